The topological polar surface area (TPSA) is 78.9 Å². The van der Waals surface area contributed by atoms with Crippen molar-refractivity contribution >= 4 is 0 Å². The van der Waals surface area contributed by atoms with Gasteiger partial charge >= 0.3 is 0 Å². The van der Waals surface area contributed by atoms with E-state index in [0.717, 1.165) is 11.3 Å². The Labute approximate surface area is 148 Å². The van der Waals surface area contributed by atoms with Crippen molar-refractivity contribution in [3.8, 4) is 6.07 Å². The van der Waals surface area contributed by atoms with Crippen LogP contribution in [0.5, 0.6) is 0 Å². The number of benzene rings is 1. The molecule has 5 heteroatoms. The van der Waals surface area contributed by atoms with Gasteiger partial charge in [0, 0.05) is 0 Å². The second kappa shape index (κ2) is 8.09. The molecule has 1 heterocycles. The van der Waals surface area contributed by atoms with Crippen molar-refractivity contribution in [3.63, 3.8) is 0 Å². The van der Waals surface area contributed by atoms with E-state index in [1.54, 1.807) is 0 Å². The van der Waals surface area contributed by atoms with Gasteiger partial charge in [-0.3, -0.25) is 4.79 Å². The number of aliphatic hydroxyl groups excluding tert-OH is 1. The first kappa shape index (κ1) is 18.9. The Morgan fingerprint density at radius 3 is 2.24 bits per heavy atom. The fraction of sp³-hybridized carbons (Fsp3) is 0.450. The number of nitriles is 1. The largest absolute Gasteiger partial charge is 0.386 e. The Balaban J connectivity index is 2.36. The molecule has 0 aliphatic heterocycles. The molecule has 0 saturated heterocycles. The fourth-order valence-corrected chi connectivity index (χ4v) is 2.93. The Morgan fingerprint density at radius 1 is 1.16 bits per heavy atom. The number of nitrogens with zero attached hydrogens (tertiary/aromatic N) is 3. The Kier molecular flexibility index (Phi) is 6.11. The van der Waals surface area contributed by atoms with Gasteiger partial charge in [-0.2, -0.15) is 10.4 Å². The Hall–Kier alpha value is -2.45. The highest BCUT2D eigenvalue weighted by Crippen LogP contribution is 2.20. The van der Waals surface area contributed by atoms with Crippen molar-refractivity contribution in [2.24, 2.45) is 0 Å². The lowest BCUT2D eigenvalue weighted by Crippen LogP contribution is -2.30. The maximum Gasteiger partial charge on any atom is 0.285 e. The number of aryl methyl sites for hydroxylation is 1. The van der Waals surface area contributed by atoms with Crippen molar-refractivity contribution < 1.29 is 5.11 Å². The van der Waals surface area contributed by atoms with Crippen LogP contribution in [0.15, 0.2) is 29.1 Å². The molecule has 2 aromatic rings. The minimum atomic E-state index is -0.852. The molecule has 1 atom stereocenters. The van der Waals surface area contributed by atoms with E-state index < -0.39 is 11.7 Å². The molecular weight excluding hydrogens is 314 g/mol. The first-order chi connectivity index (χ1) is 11.9. The molecule has 2 rings (SSSR count). The summed E-state index contributed by atoms with van der Waals surface area (Å²) in [5.41, 5.74) is 3.07. The average Bonchev–Trinajstić information content (AvgIpc) is 2.62. The third-order valence-corrected chi connectivity index (χ3v) is 4.47. The van der Waals surface area contributed by atoms with Crippen LogP contribution in [0.4, 0.5) is 0 Å². The first-order valence-electron chi connectivity index (χ1n) is 8.73. The van der Waals surface area contributed by atoms with Crippen LogP contribution in [0.25, 0.3) is 0 Å². The van der Waals surface area contributed by atoms with Gasteiger partial charge < -0.3 is 5.11 Å². The molecule has 1 N–H and O–H groups in total. The summed E-state index contributed by atoms with van der Waals surface area (Å²) in [6.07, 6.45) is 0.376. The third-order valence-electron chi connectivity index (χ3n) is 4.47. The second-order valence-corrected chi connectivity index (χ2v) is 6.44. The standard InChI is InChI=1S/C20H25N3O2/c1-5-16-17(11-21)20(25)23(22-18(16)6-2)12-19(24)15-9-7-14(8-10-15)13(3)4/h7-10,13,19,24H,5-6,12H2,1-4H3/t19-/m0/s1. The van der Waals surface area contributed by atoms with E-state index in [4.69, 9.17) is 0 Å². The van der Waals surface area contributed by atoms with Crippen LogP contribution in [0, 0.1) is 11.3 Å². The van der Waals surface area contributed by atoms with Gasteiger partial charge in [-0.25, -0.2) is 4.68 Å². The van der Waals surface area contributed by atoms with Crippen LogP contribution in [0.2, 0.25) is 0 Å². The second-order valence-electron chi connectivity index (χ2n) is 6.44. The van der Waals surface area contributed by atoms with Crippen LogP contribution in [-0.2, 0) is 19.4 Å². The molecule has 25 heavy (non-hydrogen) atoms. The van der Waals surface area contributed by atoms with Gasteiger partial charge in [-0.15, -0.1) is 0 Å². The Morgan fingerprint density at radius 2 is 1.76 bits per heavy atom. The van der Waals surface area contributed by atoms with Gasteiger partial charge in [-0.05, 0) is 35.4 Å². The number of rotatable bonds is 6. The molecule has 0 saturated carbocycles. The fourth-order valence-electron chi connectivity index (χ4n) is 2.93. The molecule has 0 bridgehead atoms. The molecule has 0 aliphatic rings. The lowest BCUT2D eigenvalue weighted by atomic mass is 10.00. The molecule has 0 unspecified atom stereocenters. The summed E-state index contributed by atoms with van der Waals surface area (Å²) in [6.45, 7) is 8.11. The van der Waals surface area contributed by atoms with E-state index in [0.29, 0.717) is 24.3 Å². The maximum absolute atomic E-state index is 12.5. The van der Waals surface area contributed by atoms with Crippen molar-refractivity contribution in [3.05, 3.63) is 62.6 Å². The highest BCUT2D eigenvalue weighted by Gasteiger charge is 2.17. The first-order valence-corrected chi connectivity index (χ1v) is 8.73. The highest BCUT2D eigenvalue weighted by atomic mass is 16.3. The minimum Gasteiger partial charge on any atom is -0.386 e. The SMILES string of the molecule is CCc1nn(C[C@H](O)c2ccc(C(C)C)cc2)c(=O)c(C#N)c1CC. The molecular formula is C20H25N3O2. The van der Waals surface area contributed by atoms with Gasteiger partial charge in [0.1, 0.15) is 11.6 Å². The molecule has 0 aliphatic carbocycles. The van der Waals surface area contributed by atoms with Crippen LogP contribution in [0.1, 0.15) is 67.7 Å². The van der Waals surface area contributed by atoms with Crippen molar-refractivity contribution in [1.29, 1.82) is 5.26 Å². The number of hydrogen-bond donors (Lipinski definition) is 1. The summed E-state index contributed by atoms with van der Waals surface area (Å²) in [4.78, 5) is 12.5. The van der Waals surface area contributed by atoms with Crippen LogP contribution >= 0.6 is 0 Å². The van der Waals surface area contributed by atoms with Crippen LogP contribution in [0.3, 0.4) is 0 Å². The number of aliphatic hydroxyl groups is 1. The van der Waals surface area contributed by atoms with E-state index in [1.165, 1.54) is 10.2 Å². The highest BCUT2D eigenvalue weighted by molar-refractivity contribution is 5.38. The van der Waals surface area contributed by atoms with E-state index in [9.17, 15) is 15.2 Å². The summed E-state index contributed by atoms with van der Waals surface area (Å²) in [6, 6.07) is 9.72. The van der Waals surface area contributed by atoms with Gasteiger partial charge in [0.05, 0.1) is 18.3 Å². The lowest BCUT2D eigenvalue weighted by molar-refractivity contribution is 0.149. The molecule has 1 aromatic heterocycles. The monoisotopic (exact) mass is 339 g/mol. The summed E-state index contributed by atoms with van der Waals surface area (Å²) in [5, 5.41) is 24.2. The van der Waals surface area contributed by atoms with Crippen molar-refractivity contribution in [2.75, 3.05) is 0 Å². The molecule has 132 valence electrons. The van der Waals surface area contributed by atoms with Gasteiger partial charge in [0.15, 0.2) is 0 Å². The summed E-state index contributed by atoms with van der Waals surface area (Å²) in [7, 11) is 0. The lowest BCUT2D eigenvalue weighted by Gasteiger charge is -2.16. The smallest absolute Gasteiger partial charge is 0.285 e. The van der Waals surface area contributed by atoms with Gasteiger partial charge in [-0.1, -0.05) is 52.0 Å². The van der Waals surface area contributed by atoms with Crippen LogP contribution < -0.4 is 5.56 Å². The van der Waals surface area contributed by atoms with Crippen molar-refractivity contribution in [1.82, 2.24) is 9.78 Å². The Bertz CT molecular complexity index is 830. The zero-order valence-electron chi connectivity index (χ0n) is 15.3. The summed E-state index contributed by atoms with van der Waals surface area (Å²) >= 11 is 0. The van der Waals surface area contributed by atoms with E-state index in [-0.39, 0.29) is 12.1 Å². The van der Waals surface area contributed by atoms with E-state index in [1.807, 2.05) is 44.2 Å². The molecule has 0 fully saturated rings. The molecule has 0 amide bonds. The maximum atomic E-state index is 12.5. The molecule has 5 nitrogen and oxygen atoms in total. The zero-order valence-corrected chi connectivity index (χ0v) is 15.3. The summed E-state index contributed by atoms with van der Waals surface area (Å²) < 4.78 is 1.22. The van der Waals surface area contributed by atoms with Gasteiger partial charge in [0.2, 0.25) is 0 Å². The zero-order chi connectivity index (χ0) is 18.6. The normalized spacial score (nSPS) is 12.2. The minimum absolute atomic E-state index is 0.0333. The van der Waals surface area contributed by atoms with E-state index >= 15 is 0 Å². The van der Waals surface area contributed by atoms with Crippen LogP contribution in [-0.4, -0.2) is 14.9 Å². The predicted molar refractivity (Wildman–Crippen MR) is 97.5 cm³/mol. The number of aromatic nitrogens is 2. The predicted octanol–water partition coefficient (Wildman–Crippen LogP) is 3.10. The average molecular weight is 339 g/mol. The van der Waals surface area contributed by atoms with Gasteiger partial charge in [0.25, 0.3) is 5.56 Å². The molecule has 0 spiro atoms. The quantitative estimate of drug-likeness (QED) is 0.877. The van der Waals surface area contributed by atoms with Crippen molar-refractivity contribution in [2.45, 2.75) is 59.1 Å². The molecule has 0 radical (unpaired) electrons. The third kappa shape index (κ3) is 3.97. The summed E-state index contributed by atoms with van der Waals surface area (Å²) in [5.74, 6) is 0.419. The number of hydrogen-bond acceptors (Lipinski definition) is 4. The molecule has 1 aromatic carbocycles. The van der Waals surface area contributed by atoms with E-state index in [2.05, 4.69) is 18.9 Å².